The summed E-state index contributed by atoms with van der Waals surface area (Å²) in [5, 5.41) is 0. The topological polar surface area (TPSA) is 3.24 Å². The van der Waals surface area contributed by atoms with Crippen LogP contribution in [0.4, 0.5) is 13.2 Å². The summed E-state index contributed by atoms with van der Waals surface area (Å²) in [6, 6.07) is -1.30. The molecular formula is C14H26F3N. The maximum absolute atomic E-state index is 13.2. The quantitative estimate of drug-likeness (QED) is 0.624. The van der Waals surface area contributed by atoms with Crippen LogP contribution in [0.5, 0.6) is 0 Å². The number of likely N-dealkylation sites (tertiary alicyclic amines) is 1. The molecule has 0 aliphatic carbocycles. The summed E-state index contributed by atoms with van der Waals surface area (Å²) >= 11 is 0. The highest BCUT2D eigenvalue weighted by atomic mass is 19.4. The molecule has 1 rings (SSSR count). The first-order chi connectivity index (χ1) is 7.83. The molecule has 0 radical (unpaired) electrons. The lowest BCUT2D eigenvalue weighted by molar-refractivity contribution is -0.212. The third-order valence-electron chi connectivity index (χ3n) is 4.07. The van der Waals surface area contributed by atoms with Gasteiger partial charge in [0.05, 0.1) is 0 Å². The summed E-state index contributed by atoms with van der Waals surface area (Å²) < 4.78 is 39.7. The highest BCUT2D eigenvalue weighted by Gasteiger charge is 2.50. The molecule has 1 aliphatic rings. The number of nitrogens with zero attached hydrogens (tertiary/aromatic N) is 1. The molecule has 1 fully saturated rings. The maximum Gasteiger partial charge on any atom is 0.404 e. The van der Waals surface area contributed by atoms with Crippen molar-refractivity contribution < 1.29 is 13.2 Å². The summed E-state index contributed by atoms with van der Waals surface area (Å²) in [6.45, 7) is 12.2. The Hall–Kier alpha value is -0.250. The van der Waals surface area contributed by atoms with Gasteiger partial charge in [0.1, 0.15) is 6.04 Å². The van der Waals surface area contributed by atoms with Crippen LogP contribution in [-0.4, -0.2) is 29.2 Å². The lowest BCUT2D eigenvalue weighted by Gasteiger charge is -2.49. The second-order valence-electron chi connectivity index (χ2n) is 7.51. The lowest BCUT2D eigenvalue weighted by atomic mass is 9.72. The zero-order chi connectivity index (χ0) is 14.4. The maximum atomic E-state index is 13.2. The van der Waals surface area contributed by atoms with Crippen molar-refractivity contribution in [3.63, 3.8) is 0 Å². The standard InChI is InChI=1S/C14H26F3N/c1-12(2,3)10-7-8-18(13(4,5)6)11(9-10)14(15,16)17/h10-11H,7-9H2,1-6H3. The fraction of sp³-hybridized carbons (Fsp3) is 1.00. The van der Waals surface area contributed by atoms with Crippen molar-refractivity contribution in [3.05, 3.63) is 0 Å². The highest BCUT2D eigenvalue weighted by Crippen LogP contribution is 2.43. The summed E-state index contributed by atoms with van der Waals surface area (Å²) in [5.41, 5.74) is -0.476. The summed E-state index contributed by atoms with van der Waals surface area (Å²) in [7, 11) is 0. The molecule has 1 nitrogen and oxygen atoms in total. The van der Waals surface area contributed by atoms with Crippen molar-refractivity contribution >= 4 is 0 Å². The van der Waals surface area contributed by atoms with Crippen LogP contribution in [0.3, 0.4) is 0 Å². The number of piperidine rings is 1. The molecule has 0 aromatic heterocycles. The van der Waals surface area contributed by atoms with Gasteiger partial charge in [0, 0.05) is 5.54 Å². The van der Waals surface area contributed by atoms with Gasteiger partial charge in [-0.1, -0.05) is 20.8 Å². The van der Waals surface area contributed by atoms with Gasteiger partial charge in [-0.05, 0) is 51.5 Å². The Morgan fingerprint density at radius 1 is 0.944 bits per heavy atom. The van der Waals surface area contributed by atoms with Crippen LogP contribution in [0.2, 0.25) is 0 Å². The third kappa shape index (κ3) is 3.62. The van der Waals surface area contributed by atoms with Crippen LogP contribution in [0.25, 0.3) is 0 Å². The van der Waals surface area contributed by atoms with E-state index >= 15 is 0 Å². The average Bonchev–Trinajstić information content (AvgIpc) is 2.12. The molecule has 0 N–H and O–H groups in total. The van der Waals surface area contributed by atoms with Crippen LogP contribution in [0, 0.1) is 11.3 Å². The first kappa shape index (κ1) is 15.8. The van der Waals surface area contributed by atoms with Gasteiger partial charge in [-0.2, -0.15) is 13.2 Å². The number of alkyl halides is 3. The zero-order valence-electron chi connectivity index (χ0n) is 12.4. The van der Waals surface area contributed by atoms with E-state index in [1.807, 2.05) is 41.5 Å². The molecule has 0 amide bonds. The van der Waals surface area contributed by atoms with Crippen molar-refractivity contribution in [2.75, 3.05) is 6.54 Å². The number of rotatable bonds is 0. The van der Waals surface area contributed by atoms with E-state index in [-0.39, 0.29) is 17.8 Å². The lowest BCUT2D eigenvalue weighted by Crippen LogP contribution is -2.58. The van der Waals surface area contributed by atoms with E-state index in [1.165, 1.54) is 0 Å². The predicted molar refractivity (Wildman–Crippen MR) is 68.5 cm³/mol. The van der Waals surface area contributed by atoms with Gasteiger partial charge in [0.25, 0.3) is 0 Å². The molecule has 1 aliphatic heterocycles. The fourth-order valence-electron chi connectivity index (χ4n) is 2.87. The predicted octanol–water partition coefficient (Wildman–Crippen LogP) is 4.47. The summed E-state index contributed by atoms with van der Waals surface area (Å²) in [6.07, 6.45) is -3.05. The Bertz CT molecular complexity index is 283. The highest BCUT2D eigenvalue weighted by molar-refractivity contribution is 4.95. The van der Waals surface area contributed by atoms with E-state index in [9.17, 15) is 13.2 Å². The fourth-order valence-corrected chi connectivity index (χ4v) is 2.87. The van der Waals surface area contributed by atoms with E-state index in [0.717, 1.165) is 6.42 Å². The van der Waals surface area contributed by atoms with Crippen molar-refractivity contribution in [2.45, 2.75) is 72.1 Å². The zero-order valence-corrected chi connectivity index (χ0v) is 12.4. The molecule has 0 aromatic carbocycles. The normalized spacial score (nSPS) is 28.5. The monoisotopic (exact) mass is 265 g/mol. The largest absolute Gasteiger partial charge is 0.404 e. The smallest absolute Gasteiger partial charge is 0.287 e. The van der Waals surface area contributed by atoms with Gasteiger partial charge in [-0.3, -0.25) is 4.90 Å². The molecule has 0 bridgehead atoms. The molecule has 2 unspecified atom stereocenters. The average molecular weight is 265 g/mol. The van der Waals surface area contributed by atoms with Crippen LogP contribution in [0.1, 0.15) is 54.4 Å². The Balaban J connectivity index is 2.94. The molecule has 0 aromatic rings. The molecular weight excluding hydrogens is 239 g/mol. The van der Waals surface area contributed by atoms with Gasteiger partial charge in [0.15, 0.2) is 0 Å². The second-order valence-corrected chi connectivity index (χ2v) is 7.51. The molecule has 4 heteroatoms. The Labute approximate surface area is 109 Å². The minimum atomic E-state index is -4.13. The summed E-state index contributed by atoms with van der Waals surface area (Å²) in [4.78, 5) is 1.62. The summed E-state index contributed by atoms with van der Waals surface area (Å²) in [5.74, 6) is 0.141. The van der Waals surface area contributed by atoms with E-state index in [0.29, 0.717) is 6.54 Å². The van der Waals surface area contributed by atoms with Crippen molar-refractivity contribution in [1.29, 1.82) is 0 Å². The number of hydrogen-bond acceptors (Lipinski definition) is 1. The van der Waals surface area contributed by atoms with Gasteiger partial charge < -0.3 is 0 Å². The van der Waals surface area contributed by atoms with Crippen LogP contribution in [0.15, 0.2) is 0 Å². The minimum Gasteiger partial charge on any atom is -0.287 e. The Morgan fingerprint density at radius 3 is 1.78 bits per heavy atom. The number of halogens is 3. The van der Waals surface area contributed by atoms with E-state index in [1.54, 1.807) is 4.90 Å². The first-order valence-electron chi connectivity index (χ1n) is 6.67. The van der Waals surface area contributed by atoms with Crippen LogP contribution < -0.4 is 0 Å². The van der Waals surface area contributed by atoms with Crippen molar-refractivity contribution in [3.8, 4) is 0 Å². The molecule has 1 saturated heterocycles. The second kappa shape index (κ2) is 4.69. The van der Waals surface area contributed by atoms with Gasteiger partial charge >= 0.3 is 6.18 Å². The minimum absolute atomic E-state index is 0.0481. The Kier molecular flexibility index (Phi) is 4.12. The van der Waals surface area contributed by atoms with Crippen LogP contribution >= 0.6 is 0 Å². The number of hydrogen-bond donors (Lipinski definition) is 0. The SMILES string of the molecule is CC(C)(C)C1CCN(C(C)(C)C)C(C(F)(F)F)C1. The molecule has 2 atom stereocenters. The van der Waals surface area contributed by atoms with Crippen molar-refractivity contribution in [2.24, 2.45) is 11.3 Å². The Morgan fingerprint density at radius 2 is 1.44 bits per heavy atom. The van der Waals surface area contributed by atoms with Gasteiger partial charge in [0.2, 0.25) is 0 Å². The van der Waals surface area contributed by atoms with E-state index in [4.69, 9.17) is 0 Å². The molecule has 0 spiro atoms. The van der Waals surface area contributed by atoms with Crippen molar-refractivity contribution in [1.82, 2.24) is 4.90 Å². The van der Waals surface area contributed by atoms with Gasteiger partial charge in [-0.25, -0.2) is 0 Å². The van der Waals surface area contributed by atoms with E-state index in [2.05, 4.69) is 0 Å². The van der Waals surface area contributed by atoms with Crippen LogP contribution in [-0.2, 0) is 0 Å². The molecule has 0 saturated carbocycles. The molecule has 1 heterocycles. The van der Waals surface area contributed by atoms with Gasteiger partial charge in [-0.15, -0.1) is 0 Å². The molecule has 18 heavy (non-hydrogen) atoms. The first-order valence-corrected chi connectivity index (χ1v) is 6.67. The van der Waals surface area contributed by atoms with E-state index < -0.39 is 17.8 Å². The third-order valence-corrected chi connectivity index (χ3v) is 4.07. The molecule has 108 valence electrons.